The van der Waals surface area contributed by atoms with Crippen LogP contribution in [0.1, 0.15) is 37.6 Å². The predicted octanol–water partition coefficient (Wildman–Crippen LogP) is 3.99. The number of nitrogens with one attached hydrogen (secondary N) is 1. The van der Waals surface area contributed by atoms with Crippen molar-refractivity contribution >= 4 is 5.91 Å². The second kappa shape index (κ2) is 11.2. The summed E-state index contributed by atoms with van der Waals surface area (Å²) < 4.78 is 17.2. The van der Waals surface area contributed by atoms with E-state index in [4.69, 9.17) is 14.2 Å². The van der Waals surface area contributed by atoms with E-state index >= 15 is 0 Å². The lowest BCUT2D eigenvalue weighted by atomic mass is 10.0. The Balaban J connectivity index is 1.68. The summed E-state index contributed by atoms with van der Waals surface area (Å²) in [5.41, 5.74) is 2.39. The van der Waals surface area contributed by atoms with Crippen LogP contribution in [0.3, 0.4) is 0 Å². The SMILES string of the molecule is CCOc1cc(C(=O)NCCCN2C[C@H](C)O[C@@H](C)C2)cc(-c2ccccc2)c1OC. The van der Waals surface area contributed by atoms with Crippen LogP contribution >= 0.6 is 0 Å². The molecule has 0 aromatic heterocycles. The normalized spacial score (nSPS) is 19.1. The lowest BCUT2D eigenvalue weighted by Crippen LogP contribution is -2.46. The van der Waals surface area contributed by atoms with Crippen molar-refractivity contribution in [2.24, 2.45) is 0 Å². The maximum absolute atomic E-state index is 12.9. The van der Waals surface area contributed by atoms with Crippen molar-refractivity contribution in [3.63, 3.8) is 0 Å². The highest BCUT2D eigenvalue weighted by molar-refractivity contribution is 5.97. The fourth-order valence-corrected chi connectivity index (χ4v) is 4.11. The molecule has 2 aromatic carbocycles. The maximum atomic E-state index is 12.9. The first-order valence-corrected chi connectivity index (χ1v) is 11.1. The van der Waals surface area contributed by atoms with Crippen molar-refractivity contribution in [2.45, 2.75) is 39.4 Å². The molecule has 1 fully saturated rings. The van der Waals surface area contributed by atoms with E-state index in [1.807, 2.05) is 43.3 Å². The minimum Gasteiger partial charge on any atom is -0.492 e. The Morgan fingerprint density at radius 2 is 1.87 bits per heavy atom. The van der Waals surface area contributed by atoms with Gasteiger partial charge >= 0.3 is 0 Å². The van der Waals surface area contributed by atoms with E-state index in [-0.39, 0.29) is 18.1 Å². The van der Waals surface area contributed by atoms with Gasteiger partial charge in [0, 0.05) is 37.3 Å². The van der Waals surface area contributed by atoms with Gasteiger partial charge in [0.2, 0.25) is 0 Å². The second-order valence-corrected chi connectivity index (χ2v) is 7.98. The molecule has 1 N–H and O–H groups in total. The number of methoxy groups -OCH3 is 1. The van der Waals surface area contributed by atoms with Crippen molar-refractivity contribution in [1.82, 2.24) is 10.2 Å². The van der Waals surface area contributed by atoms with Gasteiger partial charge < -0.3 is 19.5 Å². The van der Waals surface area contributed by atoms with Gasteiger partial charge in [-0.15, -0.1) is 0 Å². The molecule has 1 aliphatic rings. The highest BCUT2D eigenvalue weighted by atomic mass is 16.5. The molecular formula is C25H34N2O4. The van der Waals surface area contributed by atoms with Crippen molar-refractivity contribution in [1.29, 1.82) is 0 Å². The smallest absolute Gasteiger partial charge is 0.251 e. The van der Waals surface area contributed by atoms with Gasteiger partial charge in [0.1, 0.15) is 0 Å². The number of rotatable bonds is 9. The van der Waals surface area contributed by atoms with Gasteiger partial charge in [0.05, 0.1) is 25.9 Å². The number of ether oxygens (including phenoxy) is 3. The minimum atomic E-state index is -0.107. The van der Waals surface area contributed by atoms with E-state index in [1.54, 1.807) is 13.2 Å². The van der Waals surface area contributed by atoms with E-state index in [2.05, 4.69) is 24.1 Å². The fraction of sp³-hybridized carbons (Fsp3) is 0.480. The molecule has 2 aromatic rings. The van der Waals surface area contributed by atoms with Crippen LogP contribution in [0, 0.1) is 0 Å². The second-order valence-electron chi connectivity index (χ2n) is 7.98. The summed E-state index contributed by atoms with van der Waals surface area (Å²) in [4.78, 5) is 15.3. The summed E-state index contributed by atoms with van der Waals surface area (Å²) in [5, 5.41) is 3.05. The molecule has 1 saturated heterocycles. The van der Waals surface area contributed by atoms with Crippen LogP contribution in [0.2, 0.25) is 0 Å². The quantitative estimate of drug-likeness (QED) is 0.615. The Bertz CT molecular complexity index is 846. The number of nitrogens with zero attached hydrogens (tertiary/aromatic N) is 1. The first kappa shape index (κ1) is 23.1. The van der Waals surface area contributed by atoms with Gasteiger partial charge in [-0.1, -0.05) is 30.3 Å². The molecule has 0 unspecified atom stereocenters. The predicted molar refractivity (Wildman–Crippen MR) is 123 cm³/mol. The Morgan fingerprint density at radius 1 is 1.16 bits per heavy atom. The molecule has 1 aliphatic heterocycles. The largest absolute Gasteiger partial charge is 0.492 e. The molecule has 6 nitrogen and oxygen atoms in total. The van der Waals surface area contributed by atoms with Crippen LogP contribution in [0.25, 0.3) is 11.1 Å². The van der Waals surface area contributed by atoms with Crippen molar-refractivity contribution in [3.8, 4) is 22.6 Å². The molecule has 0 saturated carbocycles. The highest BCUT2D eigenvalue weighted by Gasteiger charge is 2.22. The fourth-order valence-electron chi connectivity index (χ4n) is 4.11. The standard InChI is InChI=1S/C25H34N2O4/c1-5-30-23-15-21(14-22(24(23)29-4)20-10-7-6-8-11-20)25(28)26-12-9-13-27-16-18(2)31-19(3)17-27/h6-8,10-11,14-15,18-19H,5,9,12-13,16-17H2,1-4H3,(H,26,28)/t18-,19-/m0/s1. The van der Waals surface area contributed by atoms with Crippen molar-refractivity contribution in [3.05, 3.63) is 48.0 Å². The van der Waals surface area contributed by atoms with Crippen molar-refractivity contribution in [2.75, 3.05) is 39.9 Å². The zero-order valence-electron chi connectivity index (χ0n) is 19.0. The molecule has 168 valence electrons. The third-order valence-electron chi connectivity index (χ3n) is 5.34. The third kappa shape index (κ3) is 6.21. The number of carbonyl (C=O) groups excluding carboxylic acids is 1. The van der Waals surface area contributed by atoms with E-state index < -0.39 is 0 Å². The molecule has 3 rings (SSSR count). The molecule has 0 bridgehead atoms. The van der Waals surface area contributed by atoms with E-state index in [1.165, 1.54) is 0 Å². The molecule has 2 atom stereocenters. The van der Waals surface area contributed by atoms with Gasteiger partial charge in [-0.2, -0.15) is 0 Å². The zero-order chi connectivity index (χ0) is 22.2. The average Bonchev–Trinajstić information content (AvgIpc) is 2.76. The van der Waals surface area contributed by atoms with Crippen LogP contribution in [-0.4, -0.2) is 62.9 Å². The van der Waals surface area contributed by atoms with Gasteiger partial charge in [-0.05, 0) is 44.9 Å². The highest BCUT2D eigenvalue weighted by Crippen LogP contribution is 2.39. The topological polar surface area (TPSA) is 60.0 Å². The summed E-state index contributed by atoms with van der Waals surface area (Å²) in [6.07, 6.45) is 1.41. The van der Waals surface area contributed by atoms with Gasteiger partial charge in [0.25, 0.3) is 5.91 Å². The molecule has 6 heteroatoms. The molecule has 0 radical (unpaired) electrons. The molecule has 1 amide bonds. The Hall–Kier alpha value is -2.57. The molecule has 1 heterocycles. The molecular weight excluding hydrogens is 392 g/mol. The summed E-state index contributed by atoms with van der Waals surface area (Å²) in [6, 6.07) is 13.5. The first-order chi connectivity index (χ1) is 15.0. The average molecular weight is 427 g/mol. The summed E-state index contributed by atoms with van der Waals surface area (Å²) in [5.74, 6) is 1.11. The van der Waals surface area contributed by atoms with Crippen LogP contribution in [0.15, 0.2) is 42.5 Å². The first-order valence-electron chi connectivity index (χ1n) is 11.1. The van der Waals surface area contributed by atoms with Crippen LogP contribution in [-0.2, 0) is 4.74 Å². The van der Waals surface area contributed by atoms with E-state index in [0.29, 0.717) is 30.2 Å². The van der Waals surface area contributed by atoms with E-state index in [9.17, 15) is 4.79 Å². The number of hydrogen-bond acceptors (Lipinski definition) is 5. The van der Waals surface area contributed by atoms with Crippen LogP contribution in [0.4, 0.5) is 0 Å². The monoisotopic (exact) mass is 426 g/mol. The third-order valence-corrected chi connectivity index (χ3v) is 5.34. The zero-order valence-corrected chi connectivity index (χ0v) is 19.0. The Labute approximate surface area is 185 Å². The number of morpholine rings is 1. The minimum absolute atomic E-state index is 0.107. The molecule has 31 heavy (non-hydrogen) atoms. The number of benzene rings is 2. The van der Waals surface area contributed by atoms with Gasteiger partial charge in [0.15, 0.2) is 11.5 Å². The molecule has 0 aliphatic carbocycles. The summed E-state index contributed by atoms with van der Waals surface area (Å²) in [7, 11) is 1.62. The summed E-state index contributed by atoms with van der Waals surface area (Å²) in [6.45, 7) is 10.1. The Morgan fingerprint density at radius 3 is 2.52 bits per heavy atom. The maximum Gasteiger partial charge on any atom is 0.251 e. The van der Waals surface area contributed by atoms with Crippen LogP contribution in [0.5, 0.6) is 11.5 Å². The summed E-state index contributed by atoms with van der Waals surface area (Å²) >= 11 is 0. The van der Waals surface area contributed by atoms with Crippen molar-refractivity contribution < 1.29 is 19.0 Å². The van der Waals surface area contributed by atoms with Crippen LogP contribution < -0.4 is 14.8 Å². The lowest BCUT2D eigenvalue weighted by molar-refractivity contribution is -0.0679. The van der Waals surface area contributed by atoms with Gasteiger partial charge in [-0.3, -0.25) is 9.69 Å². The Kier molecular flexibility index (Phi) is 8.32. The lowest BCUT2D eigenvalue weighted by Gasteiger charge is -2.35. The van der Waals surface area contributed by atoms with E-state index in [0.717, 1.165) is 37.2 Å². The number of amides is 1. The van der Waals surface area contributed by atoms with Gasteiger partial charge in [-0.25, -0.2) is 0 Å². The number of carbonyl (C=O) groups is 1. The number of hydrogen-bond donors (Lipinski definition) is 1. The molecule has 0 spiro atoms.